The van der Waals surface area contributed by atoms with E-state index in [-0.39, 0.29) is 0 Å². The van der Waals surface area contributed by atoms with Crippen molar-refractivity contribution < 1.29 is 4.80 Å². The summed E-state index contributed by atoms with van der Waals surface area (Å²) >= 11 is 0. The first kappa shape index (κ1) is 18.2. The van der Waals surface area contributed by atoms with Gasteiger partial charge in [0, 0.05) is 0 Å². The smallest absolute Gasteiger partial charge is 0.156 e. The Morgan fingerprint density at radius 2 is 0.889 bits per heavy atom. The molecule has 1 N–H and O–H groups in total. The molecular formula is C16H36OSi. The SMILES string of the molecule is CCCCCCCCCCCCCCCC[SiH2]O. The van der Waals surface area contributed by atoms with Crippen LogP contribution in [-0.2, 0) is 0 Å². The third-order valence-corrected chi connectivity index (χ3v) is 4.58. The van der Waals surface area contributed by atoms with Crippen LogP contribution in [0.1, 0.15) is 96.8 Å². The highest BCUT2D eigenvalue weighted by Gasteiger charge is 1.93. The number of unbranched alkanes of at least 4 members (excludes halogenated alkanes) is 13. The first-order chi connectivity index (χ1) is 8.91. The first-order valence-electron chi connectivity index (χ1n) is 8.52. The van der Waals surface area contributed by atoms with Gasteiger partial charge in [0.1, 0.15) is 0 Å². The van der Waals surface area contributed by atoms with Gasteiger partial charge in [-0.05, 0) is 6.04 Å². The third kappa shape index (κ3) is 16.2. The van der Waals surface area contributed by atoms with E-state index in [0.717, 1.165) is 6.04 Å². The molecule has 0 bridgehead atoms. The Labute approximate surface area is 118 Å². The molecule has 0 aromatic rings. The quantitative estimate of drug-likeness (QED) is 0.330. The van der Waals surface area contributed by atoms with Gasteiger partial charge in [0.15, 0.2) is 9.76 Å². The highest BCUT2D eigenvalue weighted by Crippen LogP contribution is 2.13. The minimum atomic E-state index is -0.648. The Morgan fingerprint density at radius 1 is 0.556 bits per heavy atom. The van der Waals surface area contributed by atoms with Gasteiger partial charge in [-0.3, -0.25) is 0 Å². The third-order valence-electron chi connectivity index (χ3n) is 3.76. The van der Waals surface area contributed by atoms with E-state index in [4.69, 9.17) is 4.80 Å². The van der Waals surface area contributed by atoms with Gasteiger partial charge in [-0.25, -0.2) is 0 Å². The zero-order chi connectivity index (χ0) is 13.3. The van der Waals surface area contributed by atoms with Crippen LogP contribution in [0.4, 0.5) is 0 Å². The molecule has 0 atom stereocenters. The fourth-order valence-electron chi connectivity index (χ4n) is 2.48. The van der Waals surface area contributed by atoms with Gasteiger partial charge in [0.2, 0.25) is 0 Å². The molecule has 0 saturated heterocycles. The van der Waals surface area contributed by atoms with Crippen LogP contribution in [0.3, 0.4) is 0 Å². The molecule has 0 aliphatic carbocycles. The highest BCUT2D eigenvalue weighted by molar-refractivity contribution is 6.25. The van der Waals surface area contributed by atoms with Crippen LogP contribution < -0.4 is 0 Å². The van der Waals surface area contributed by atoms with E-state index in [0.29, 0.717) is 0 Å². The molecule has 0 spiro atoms. The van der Waals surface area contributed by atoms with Gasteiger partial charge < -0.3 is 4.80 Å². The molecule has 0 unspecified atom stereocenters. The summed E-state index contributed by atoms with van der Waals surface area (Å²) in [6, 6.07) is 1.14. The lowest BCUT2D eigenvalue weighted by Gasteiger charge is -2.02. The predicted molar refractivity (Wildman–Crippen MR) is 85.9 cm³/mol. The lowest BCUT2D eigenvalue weighted by Crippen LogP contribution is -1.86. The monoisotopic (exact) mass is 272 g/mol. The van der Waals surface area contributed by atoms with Gasteiger partial charge >= 0.3 is 0 Å². The Kier molecular flexibility index (Phi) is 17.3. The zero-order valence-electron chi connectivity index (χ0n) is 12.8. The van der Waals surface area contributed by atoms with Gasteiger partial charge in [-0.2, -0.15) is 0 Å². The lowest BCUT2D eigenvalue weighted by atomic mass is 10.0. The summed E-state index contributed by atoms with van der Waals surface area (Å²) < 4.78 is 0. The van der Waals surface area contributed by atoms with Gasteiger partial charge in [-0.1, -0.05) is 96.8 Å². The Bertz CT molecular complexity index is 123. The molecule has 0 amide bonds. The van der Waals surface area contributed by atoms with E-state index >= 15 is 0 Å². The molecule has 0 radical (unpaired) electrons. The van der Waals surface area contributed by atoms with Crippen LogP contribution in [0, 0.1) is 0 Å². The van der Waals surface area contributed by atoms with E-state index in [1.165, 1.54) is 89.9 Å². The molecule has 110 valence electrons. The van der Waals surface area contributed by atoms with Crippen molar-refractivity contribution in [1.29, 1.82) is 0 Å². The fourth-order valence-corrected chi connectivity index (χ4v) is 3.06. The molecule has 0 fully saturated rings. The van der Waals surface area contributed by atoms with Crippen LogP contribution in [0.5, 0.6) is 0 Å². The molecule has 0 aliphatic rings. The Hall–Kier alpha value is 0.177. The van der Waals surface area contributed by atoms with Gasteiger partial charge in [0.05, 0.1) is 0 Å². The normalized spacial score (nSPS) is 11.7. The number of rotatable bonds is 15. The van der Waals surface area contributed by atoms with E-state index in [1.54, 1.807) is 0 Å². The second-order valence-corrected chi connectivity index (χ2v) is 6.83. The van der Waals surface area contributed by atoms with Crippen LogP contribution in [-0.4, -0.2) is 14.6 Å². The Balaban J connectivity index is 2.86. The molecular weight excluding hydrogens is 236 g/mol. The molecule has 0 saturated carbocycles. The van der Waals surface area contributed by atoms with Gasteiger partial charge in [-0.15, -0.1) is 0 Å². The first-order valence-corrected chi connectivity index (χ1v) is 10.2. The summed E-state index contributed by atoms with van der Waals surface area (Å²) in [7, 11) is -0.648. The van der Waals surface area contributed by atoms with Crippen LogP contribution in [0.25, 0.3) is 0 Å². The van der Waals surface area contributed by atoms with Crippen LogP contribution in [0.15, 0.2) is 0 Å². The molecule has 0 aliphatic heterocycles. The summed E-state index contributed by atoms with van der Waals surface area (Å²) in [5.74, 6) is 0. The summed E-state index contributed by atoms with van der Waals surface area (Å²) in [5, 5.41) is 0. The van der Waals surface area contributed by atoms with Crippen molar-refractivity contribution in [1.82, 2.24) is 0 Å². The van der Waals surface area contributed by atoms with Crippen molar-refractivity contribution >= 4 is 9.76 Å². The maximum atomic E-state index is 8.80. The summed E-state index contributed by atoms with van der Waals surface area (Å²) in [4.78, 5) is 8.80. The van der Waals surface area contributed by atoms with E-state index in [9.17, 15) is 0 Å². The van der Waals surface area contributed by atoms with Crippen molar-refractivity contribution in [2.24, 2.45) is 0 Å². The summed E-state index contributed by atoms with van der Waals surface area (Å²) in [5.41, 5.74) is 0. The van der Waals surface area contributed by atoms with Crippen molar-refractivity contribution in [2.45, 2.75) is 103 Å². The second-order valence-electron chi connectivity index (χ2n) is 5.67. The molecule has 2 heteroatoms. The minimum absolute atomic E-state index is 0.648. The van der Waals surface area contributed by atoms with Gasteiger partial charge in [0.25, 0.3) is 0 Å². The zero-order valence-corrected chi connectivity index (χ0v) is 14.2. The number of hydrogen-bond donors (Lipinski definition) is 1. The minimum Gasteiger partial charge on any atom is -0.438 e. The maximum absolute atomic E-state index is 8.80. The van der Waals surface area contributed by atoms with E-state index in [1.807, 2.05) is 0 Å². The molecule has 0 aromatic heterocycles. The largest absolute Gasteiger partial charge is 0.438 e. The summed E-state index contributed by atoms with van der Waals surface area (Å²) in [6.45, 7) is 2.28. The Morgan fingerprint density at radius 3 is 1.22 bits per heavy atom. The lowest BCUT2D eigenvalue weighted by molar-refractivity contribution is 0.536. The number of hydrogen-bond acceptors (Lipinski definition) is 1. The van der Waals surface area contributed by atoms with E-state index in [2.05, 4.69) is 6.92 Å². The highest BCUT2D eigenvalue weighted by atomic mass is 28.2. The molecule has 18 heavy (non-hydrogen) atoms. The maximum Gasteiger partial charge on any atom is 0.156 e. The molecule has 1 nitrogen and oxygen atoms in total. The molecule has 0 heterocycles. The second kappa shape index (κ2) is 17.2. The van der Waals surface area contributed by atoms with E-state index < -0.39 is 9.76 Å². The van der Waals surface area contributed by atoms with Crippen molar-refractivity contribution in [3.63, 3.8) is 0 Å². The fraction of sp³-hybridized carbons (Fsp3) is 1.00. The molecule has 0 rings (SSSR count). The van der Waals surface area contributed by atoms with Crippen LogP contribution >= 0.6 is 0 Å². The topological polar surface area (TPSA) is 20.2 Å². The van der Waals surface area contributed by atoms with Crippen molar-refractivity contribution in [3.05, 3.63) is 0 Å². The van der Waals surface area contributed by atoms with Crippen LogP contribution in [0.2, 0.25) is 6.04 Å². The average Bonchev–Trinajstić information content (AvgIpc) is 2.39. The standard InChI is InChI=1S/C16H36OSi/c1-2-3-4-5-6-7-8-9-10-11-12-13-14-15-16-18-17/h17H,2-16,18H2,1H3. The predicted octanol–water partition coefficient (Wildman–Crippen LogP) is 4.96. The average molecular weight is 273 g/mol. The summed E-state index contributed by atoms with van der Waals surface area (Å²) in [6.07, 6.45) is 19.9. The van der Waals surface area contributed by atoms with Crippen molar-refractivity contribution in [3.8, 4) is 0 Å². The molecule has 0 aromatic carbocycles. The van der Waals surface area contributed by atoms with Crippen molar-refractivity contribution in [2.75, 3.05) is 0 Å².